The second-order valence-corrected chi connectivity index (χ2v) is 16.9. The van der Waals surface area contributed by atoms with E-state index in [0.29, 0.717) is 50.2 Å². The highest BCUT2D eigenvalue weighted by Crippen LogP contribution is 2.25. The number of nitrogens with two attached hydrogens (primary N) is 2. The van der Waals surface area contributed by atoms with Gasteiger partial charge in [0.25, 0.3) is 11.8 Å². The van der Waals surface area contributed by atoms with E-state index in [9.17, 15) is 38.7 Å². The van der Waals surface area contributed by atoms with Crippen molar-refractivity contribution in [1.29, 1.82) is 0 Å². The van der Waals surface area contributed by atoms with Crippen molar-refractivity contribution in [2.75, 3.05) is 30.7 Å². The molecule has 1 aliphatic heterocycles. The van der Waals surface area contributed by atoms with E-state index in [0.717, 1.165) is 71.9 Å². The minimum atomic E-state index is -1.04. The van der Waals surface area contributed by atoms with Crippen LogP contribution in [-0.4, -0.2) is 93.3 Å². The maximum Gasteiger partial charge on any atom is 0.407 e. The molecule has 1 aliphatic rings. The molecule has 0 spiro atoms. The van der Waals surface area contributed by atoms with Gasteiger partial charge >= 0.3 is 12.1 Å². The number of urea groups is 1. The lowest BCUT2D eigenvalue weighted by Crippen LogP contribution is -2.54. The van der Waals surface area contributed by atoms with Gasteiger partial charge in [-0.2, -0.15) is 0 Å². The number of rotatable bonds is 28. The van der Waals surface area contributed by atoms with E-state index in [1.807, 2.05) is 12.1 Å². The molecule has 8 amide bonds. The number of unbranched alkanes of at least 4 members (excludes halogenated alkanes) is 6. The van der Waals surface area contributed by atoms with Crippen LogP contribution in [0.5, 0.6) is 0 Å². The van der Waals surface area contributed by atoms with Crippen LogP contribution >= 0.6 is 0 Å². The molecule has 0 saturated heterocycles. The molecule has 0 unspecified atom stereocenters. The zero-order valence-corrected chi connectivity index (χ0v) is 38.0. The van der Waals surface area contributed by atoms with Crippen LogP contribution in [0.2, 0.25) is 0 Å². The second kappa shape index (κ2) is 26.3. The summed E-state index contributed by atoms with van der Waals surface area (Å²) in [5.74, 6) is -1.86. The molecule has 3 aromatic rings. The number of carbonyl (C=O) groups excluding carboxylic acids is 6. The van der Waals surface area contributed by atoms with Crippen molar-refractivity contribution in [3.63, 3.8) is 0 Å². The number of nitrogen functional groups attached to an aromatic ring is 1. The molecule has 0 saturated carbocycles. The van der Waals surface area contributed by atoms with Crippen molar-refractivity contribution in [3.8, 4) is 0 Å². The summed E-state index contributed by atoms with van der Waals surface area (Å²) >= 11 is 0. The molecule has 2 aromatic carbocycles. The number of imide groups is 1. The Morgan fingerprint density at radius 2 is 1.51 bits per heavy atom. The number of nitrogens with zero attached hydrogens (tertiary/aromatic N) is 3. The first-order valence-corrected chi connectivity index (χ1v) is 22.9. The summed E-state index contributed by atoms with van der Waals surface area (Å²) in [5.41, 5.74) is 15.8. The number of fused-ring (bicyclic) bond motifs is 1. The lowest BCUT2D eigenvalue weighted by Gasteiger charge is -2.25. The van der Waals surface area contributed by atoms with Crippen LogP contribution in [0.25, 0.3) is 10.9 Å². The third-order valence-electron chi connectivity index (χ3n) is 11.4. The van der Waals surface area contributed by atoms with E-state index in [-0.39, 0.29) is 56.1 Å². The summed E-state index contributed by atoms with van der Waals surface area (Å²) in [6.45, 7) is 6.67. The monoisotopic (exact) mass is 898 g/mol. The number of carbonyl (C=O) groups is 7. The quantitative estimate of drug-likeness (QED) is 0.0333. The van der Waals surface area contributed by atoms with Crippen LogP contribution in [0.15, 0.2) is 60.7 Å². The van der Waals surface area contributed by atoms with E-state index in [1.165, 1.54) is 22.6 Å². The molecule has 17 nitrogen and oxygen atoms in total. The largest absolute Gasteiger partial charge is 0.465 e. The van der Waals surface area contributed by atoms with Crippen LogP contribution in [0.1, 0.15) is 115 Å². The molecule has 17 heteroatoms. The van der Waals surface area contributed by atoms with Crippen molar-refractivity contribution in [1.82, 2.24) is 30.7 Å². The highest BCUT2D eigenvalue weighted by molar-refractivity contribution is 6.12. The van der Waals surface area contributed by atoms with Crippen molar-refractivity contribution in [2.24, 2.45) is 11.7 Å². The summed E-state index contributed by atoms with van der Waals surface area (Å²) in [5, 5.41) is 22.0. The number of aryl methyl sites for hydroxylation is 2. The standard InChI is InChI=1S/C48H67N9O8/c1-4-5-8-16-35-30-37-34(17-13-18-38(37)53-44(35)49)15-9-6-11-28-56(48(64)65)31-33-21-23-36(24-22-33)52-45(61)39(19-14-27-51-47(50)63)54-46(62)43(32(2)3)55-40(58)20-10-7-12-29-57-41(59)25-26-42(57)60/h13,17-18,21-26,30,32,39,43H,4-12,14-16,19-20,27-29,31H2,1-3H3,(H2,49,53)(H,52,61)(H,54,62)(H,55,58)(H,64,65)(H3,50,51,63)/t39-,43-/m0/s1. The van der Waals surface area contributed by atoms with Gasteiger partial charge in [-0.05, 0) is 105 Å². The zero-order chi connectivity index (χ0) is 47.3. The SMILES string of the molecule is CCCCCc1cc2c(CCCCCN(Cc3ccc(NC(=O)[C@H](CCCNC(N)=O)NC(=O)[C@@H](NC(=O)CCCCCN4C(=O)C=CC4=O)C(C)C)cc3)C(=O)O)cccc2nc1N. The normalized spacial score (nSPS) is 13.2. The zero-order valence-electron chi connectivity index (χ0n) is 38.0. The van der Waals surface area contributed by atoms with Crippen LogP contribution in [0.3, 0.4) is 0 Å². The number of primary amides is 1. The molecule has 4 rings (SSSR count). The predicted molar refractivity (Wildman–Crippen MR) is 250 cm³/mol. The molecule has 0 fully saturated rings. The highest BCUT2D eigenvalue weighted by atomic mass is 16.4. The average molecular weight is 898 g/mol. The predicted octanol–water partition coefficient (Wildman–Crippen LogP) is 5.94. The van der Waals surface area contributed by atoms with Crippen LogP contribution in [-0.2, 0) is 43.4 Å². The average Bonchev–Trinajstić information content (AvgIpc) is 3.59. The van der Waals surface area contributed by atoms with Gasteiger partial charge in [0.2, 0.25) is 17.7 Å². The summed E-state index contributed by atoms with van der Waals surface area (Å²) in [7, 11) is 0. The number of anilines is 2. The van der Waals surface area contributed by atoms with Gasteiger partial charge < -0.3 is 42.7 Å². The number of nitrogens with one attached hydrogen (secondary N) is 4. The molecular weight excluding hydrogens is 831 g/mol. The molecule has 352 valence electrons. The van der Waals surface area contributed by atoms with E-state index in [2.05, 4.69) is 45.3 Å². The van der Waals surface area contributed by atoms with Crippen molar-refractivity contribution < 1.29 is 38.7 Å². The first-order valence-electron chi connectivity index (χ1n) is 22.9. The number of benzene rings is 2. The number of hydrogen-bond donors (Lipinski definition) is 7. The van der Waals surface area contributed by atoms with E-state index in [4.69, 9.17) is 11.5 Å². The van der Waals surface area contributed by atoms with E-state index >= 15 is 0 Å². The van der Waals surface area contributed by atoms with E-state index < -0.39 is 36.0 Å². The maximum atomic E-state index is 13.6. The maximum absolute atomic E-state index is 13.6. The molecule has 0 radical (unpaired) electrons. The minimum Gasteiger partial charge on any atom is -0.465 e. The molecule has 0 aliphatic carbocycles. The van der Waals surface area contributed by atoms with Gasteiger partial charge in [0.15, 0.2) is 0 Å². The summed E-state index contributed by atoms with van der Waals surface area (Å²) in [6, 6.07) is 12.4. The fourth-order valence-electron chi connectivity index (χ4n) is 7.69. The lowest BCUT2D eigenvalue weighted by molar-refractivity contribution is -0.137. The Morgan fingerprint density at radius 3 is 2.18 bits per heavy atom. The Balaban J connectivity index is 1.27. The van der Waals surface area contributed by atoms with Gasteiger partial charge in [-0.1, -0.05) is 70.7 Å². The van der Waals surface area contributed by atoms with Gasteiger partial charge in [-0.3, -0.25) is 28.9 Å². The molecule has 65 heavy (non-hydrogen) atoms. The number of carboxylic acid groups (broad SMARTS) is 1. The fraction of sp³-hybridized carbons (Fsp3) is 0.500. The number of amides is 8. The van der Waals surface area contributed by atoms with Crippen molar-refractivity contribution in [3.05, 3.63) is 77.4 Å². The Labute approximate surface area is 381 Å². The molecule has 2 atom stereocenters. The Hall–Kier alpha value is -6.52. The van der Waals surface area contributed by atoms with Gasteiger partial charge in [-0.15, -0.1) is 0 Å². The van der Waals surface area contributed by atoms with Gasteiger partial charge in [0.05, 0.1) is 5.52 Å². The van der Waals surface area contributed by atoms with Crippen LogP contribution < -0.4 is 32.7 Å². The van der Waals surface area contributed by atoms with Crippen molar-refractivity contribution in [2.45, 2.75) is 129 Å². The molecular formula is C48H67N9O8. The highest BCUT2D eigenvalue weighted by Gasteiger charge is 2.29. The molecule has 0 bridgehead atoms. The first kappa shape index (κ1) is 51.1. The molecule has 1 aromatic heterocycles. The van der Waals surface area contributed by atoms with Gasteiger partial charge in [-0.25, -0.2) is 14.6 Å². The van der Waals surface area contributed by atoms with Gasteiger partial charge in [0.1, 0.15) is 17.9 Å². The Kier molecular flexibility index (Phi) is 20.7. The van der Waals surface area contributed by atoms with Crippen molar-refractivity contribution >= 4 is 64.1 Å². The minimum absolute atomic E-state index is 0.126. The third-order valence-corrected chi connectivity index (χ3v) is 11.4. The Bertz CT molecular complexity index is 2120. The number of hydrogen-bond acceptors (Lipinski definition) is 9. The summed E-state index contributed by atoms with van der Waals surface area (Å²) in [4.78, 5) is 94.2. The van der Waals surface area contributed by atoms with Crippen LogP contribution in [0, 0.1) is 5.92 Å². The first-order chi connectivity index (χ1) is 31.2. The smallest absolute Gasteiger partial charge is 0.407 e. The lowest BCUT2D eigenvalue weighted by atomic mass is 9.99. The number of aromatic nitrogens is 1. The third kappa shape index (κ3) is 16.8. The Morgan fingerprint density at radius 1 is 0.815 bits per heavy atom. The molecule has 9 N–H and O–H groups in total. The number of pyridine rings is 1. The topological polar surface area (TPSA) is 259 Å². The molecule has 2 heterocycles. The van der Waals surface area contributed by atoms with Crippen LogP contribution in [0.4, 0.5) is 21.1 Å². The second-order valence-electron chi connectivity index (χ2n) is 16.9. The van der Waals surface area contributed by atoms with Gasteiger partial charge in [0, 0.05) is 55.8 Å². The summed E-state index contributed by atoms with van der Waals surface area (Å²) < 4.78 is 0. The summed E-state index contributed by atoms with van der Waals surface area (Å²) in [6.07, 6.45) is 11.1. The van der Waals surface area contributed by atoms with E-state index in [1.54, 1.807) is 38.1 Å². The fourth-order valence-corrected chi connectivity index (χ4v) is 7.69.